The van der Waals surface area contributed by atoms with Crippen LogP contribution in [-0.2, 0) is 0 Å². The molecule has 0 aliphatic carbocycles. The summed E-state index contributed by atoms with van der Waals surface area (Å²) in [6.45, 7) is 18.3. The number of rotatable bonds is 11. The lowest BCUT2D eigenvalue weighted by molar-refractivity contribution is 1.05. The molecule has 214 valence electrons. The van der Waals surface area contributed by atoms with Crippen LogP contribution < -0.4 is 9.80 Å². The number of anilines is 4. The minimum atomic E-state index is 0.505. The highest BCUT2D eigenvalue weighted by Gasteiger charge is 2.21. The molecule has 0 aliphatic heterocycles. The van der Waals surface area contributed by atoms with Crippen molar-refractivity contribution in [1.29, 1.82) is 0 Å². The van der Waals surface area contributed by atoms with Gasteiger partial charge in [0.2, 0.25) is 11.9 Å². The van der Waals surface area contributed by atoms with E-state index in [0.29, 0.717) is 11.9 Å². The van der Waals surface area contributed by atoms with E-state index >= 15 is 0 Å². The summed E-state index contributed by atoms with van der Waals surface area (Å²) < 4.78 is 0. The molecule has 3 aromatic carbocycles. The second-order valence-electron chi connectivity index (χ2n) is 9.24. The quantitative estimate of drug-likeness (QED) is 0.103. The van der Waals surface area contributed by atoms with E-state index in [1.807, 2.05) is 70.6 Å². The molecule has 0 spiro atoms. The molecule has 0 saturated heterocycles. The van der Waals surface area contributed by atoms with Crippen molar-refractivity contribution in [2.45, 2.75) is 13.3 Å². The maximum absolute atomic E-state index is 4.62. The molecular weight excluding hydrogens is 528 g/mol. The van der Waals surface area contributed by atoms with Crippen LogP contribution in [-0.4, -0.2) is 29.2 Å². The van der Waals surface area contributed by atoms with Gasteiger partial charge in [0.1, 0.15) is 0 Å². The van der Waals surface area contributed by atoms with Crippen LogP contribution in [0.2, 0.25) is 0 Å². The number of para-hydroxylation sites is 1. The minimum absolute atomic E-state index is 0.505. The summed E-state index contributed by atoms with van der Waals surface area (Å²) in [5, 5.41) is 0. The third kappa shape index (κ3) is 6.66. The van der Waals surface area contributed by atoms with Crippen LogP contribution in [0.4, 0.5) is 23.0 Å². The van der Waals surface area contributed by atoms with Crippen LogP contribution >= 0.6 is 0 Å². The zero-order valence-corrected chi connectivity index (χ0v) is 24.8. The van der Waals surface area contributed by atoms with Crippen molar-refractivity contribution in [2.24, 2.45) is 9.98 Å². The Kier molecular flexibility index (Phi) is 10.5. The first-order valence-electron chi connectivity index (χ1n) is 14.0. The molecule has 0 atom stereocenters. The Bertz CT molecular complexity index is 1670. The van der Waals surface area contributed by atoms with Gasteiger partial charge in [-0.05, 0) is 71.7 Å². The van der Waals surface area contributed by atoms with Gasteiger partial charge in [-0.15, -0.1) is 0 Å². The second kappa shape index (κ2) is 14.8. The van der Waals surface area contributed by atoms with Crippen molar-refractivity contribution < 1.29 is 0 Å². The SMILES string of the molecule is C=C/C=C(\C=C)N(c1ncccn1)c1ccc(-c2ccc(N(C(=NC)/N=C\CC)c3ccccc3)cc2)c(C=C)c1C=C. The molecule has 1 aromatic heterocycles. The lowest BCUT2D eigenvalue weighted by Crippen LogP contribution is -2.24. The van der Waals surface area contributed by atoms with E-state index in [9.17, 15) is 0 Å². The van der Waals surface area contributed by atoms with E-state index in [0.717, 1.165) is 51.4 Å². The number of hydrogen-bond donors (Lipinski definition) is 0. The Morgan fingerprint density at radius 1 is 0.791 bits per heavy atom. The Balaban J connectivity index is 1.84. The first-order chi connectivity index (χ1) is 21.1. The first kappa shape index (κ1) is 30.3. The van der Waals surface area contributed by atoms with E-state index in [1.165, 1.54) is 0 Å². The molecule has 0 unspecified atom stereocenters. The van der Waals surface area contributed by atoms with E-state index < -0.39 is 0 Å². The number of benzene rings is 3. The summed E-state index contributed by atoms with van der Waals surface area (Å²) in [5.74, 6) is 1.12. The number of nitrogens with zero attached hydrogens (tertiary/aromatic N) is 6. The van der Waals surface area contributed by atoms with Gasteiger partial charge < -0.3 is 0 Å². The third-order valence-corrected chi connectivity index (χ3v) is 6.66. The Hall–Kier alpha value is -5.62. The second-order valence-corrected chi connectivity index (χ2v) is 9.24. The Labute approximate surface area is 254 Å². The topological polar surface area (TPSA) is 57.0 Å². The van der Waals surface area contributed by atoms with Gasteiger partial charge in [-0.3, -0.25) is 14.8 Å². The maximum Gasteiger partial charge on any atom is 0.234 e. The van der Waals surface area contributed by atoms with Crippen molar-refractivity contribution in [2.75, 3.05) is 16.8 Å². The molecule has 0 N–H and O–H groups in total. The van der Waals surface area contributed by atoms with Crippen LogP contribution in [0.25, 0.3) is 23.3 Å². The lowest BCUT2D eigenvalue weighted by Gasteiger charge is -2.27. The van der Waals surface area contributed by atoms with Crippen LogP contribution in [0.5, 0.6) is 0 Å². The first-order valence-corrected chi connectivity index (χ1v) is 14.0. The fourth-order valence-electron chi connectivity index (χ4n) is 4.77. The molecule has 43 heavy (non-hydrogen) atoms. The molecule has 0 fully saturated rings. The van der Waals surface area contributed by atoms with Gasteiger partial charge >= 0.3 is 0 Å². The highest BCUT2D eigenvalue weighted by Crippen LogP contribution is 2.39. The molecule has 0 aliphatic rings. The molecule has 0 amide bonds. The van der Waals surface area contributed by atoms with Crippen molar-refractivity contribution in [3.63, 3.8) is 0 Å². The van der Waals surface area contributed by atoms with Crippen LogP contribution in [0.1, 0.15) is 24.5 Å². The zero-order valence-electron chi connectivity index (χ0n) is 24.8. The summed E-state index contributed by atoms with van der Waals surface area (Å²) in [5.41, 5.74) is 7.41. The Morgan fingerprint density at radius 2 is 1.47 bits per heavy atom. The van der Waals surface area contributed by atoms with E-state index in [2.05, 4.69) is 83.5 Å². The van der Waals surface area contributed by atoms with Gasteiger partial charge in [-0.25, -0.2) is 15.0 Å². The van der Waals surface area contributed by atoms with Gasteiger partial charge in [0.05, 0.1) is 5.69 Å². The van der Waals surface area contributed by atoms with Crippen LogP contribution in [0.15, 0.2) is 145 Å². The average Bonchev–Trinajstić information content (AvgIpc) is 3.07. The molecule has 0 radical (unpaired) electrons. The minimum Gasteiger partial charge on any atom is -0.280 e. The van der Waals surface area contributed by atoms with Crippen molar-refractivity contribution in [3.05, 3.63) is 147 Å². The predicted molar refractivity (Wildman–Crippen MR) is 185 cm³/mol. The maximum atomic E-state index is 4.62. The molecule has 6 nitrogen and oxygen atoms in total. The molecule has 4 rings (SSSR count). The molecule has 6 heteroatoms. The van der Waals surface area contributed by atoms with Crippen LogP contribution in [0.3, 0.4) is 0 Å². The Morgan fingerprint density at radius 3 is 2.05 bits per heavy atom. The van der Waals surface area contributed by atoms with Gasteiger partial charge in [0.15, 0.2) is 0 Å². The van der Waals surface area contributed by atoms with Gasteiger partial charge in [0, 0.05) is 48.3 Å². The number of aliphatic imine (C=N–C) groups is 2. The number of aromatic nitrogens is 2. The molecule has 4 aromatic rings. The molecule has 0 saturated carbocycles. The standard InChI is InChI=1S/C37H36N6/c1-7-16-29(9-3)43(37-40-26-15-27-41-37)35-24-23-34(32(10-4)33(35)11-5)28-19-21-31(22-20-28)42(30-17-13-12-14-18-30)36(38-6)39-25-8-2/h7,9-27H,1,3-5,8H2,2,6H3/b29-16+,38-36?,39-25-. The lowest BCUT2D eigenvalue weighted by atomic mass is 9.93. The number of allylic oxidation sites excluding steroid dienone is 3. The highest BCUT2D eigenvalue weighted by atomic mass is 15.3. The van der Waals surface area contributed by atoms with Crippen LogP contribution in [0, 0.1) is 0 Å². The summed E-state index contributed by atoms with van der Waals surface area (Å²) in [6, 6.07) is 24.4. The van der Waals surface area contributed by atoms with E-state index in [-0.39, 0.29) is 0 Å². The molecule has 0 bridgehead atoms. The largest absolute Gasteiger partial charge is 0.280 e. The molecule has 1 heterocycles. The summed E-state index contributed by atoms with van der Waals surface area (Å²) >= 11 is 0. The van der Waals surface area contributed by atoms with E-state index in [4.69, 9.17) is 0 Å². The number of guanidine groups is 1. The average molecular weight is 565 g/mol. The summed E-state index contributed by atoms with van der Waals surface area (Å²) in [6.07, 6.45) is 15.1. The summed E-state index contributed by atoms with van der Waals surface area (Å²) in [4.78, 5) is 22.1. The fourth-order valence-corrected chi connectivity index (χ4v) is 4.77. The normalized spacial score (nSPS) is 11.7. The smallest absolute Gasteiger partial charge is 0.234 e. The van der Waals surface area contributed by atoms with Crippen molar-refractivity contribution in [3.8, 4) is 11.1 Å². The predicted octanol–water partition coefficient (Wildman–Crippen LogP) is 9.43. The highest BCUT2D eigenvalue weighted by molar-refractivity contribution is 6.06. The molecular formula is C37H36N6. The van der Waals surface area contributed by atoms with Gasteiger partial charge in [-0.1, -0.05) is 87.9 Å². The third-order valence-electron chi connectivity index (χ3n) is 6.66. The zero-order chi connectivity index (χ0) is 30.6. The van der Waals surface area contributed by atoms with Gasteiger partial charge in [0.25, 0.3) is 0 Å². The summed E-state index contributed by atoms with van der Waals surface area (Å²) in [7, 11) is 1.76. The fraction of sp³-hybridized carbons (Fsp3) is 0.0811. The van der Waals surface area contributed by atoms with Crippen molar-refractivity contribution >= 4 is 47.3 Å². The van der Waals surface area contributed by atoms with Gasteiger partial charge in [-0.2, -0.15) is 0 Å². The monoisotopic (exact) mass is 564 g/mol. The van der Waals surface area contributed by atoms with E-state index in [1.54, 1.807) is 37.7 Å². The number of hydrogen-bond acceptors (Lipinski definition) is 4. The van der Waals surface area contributed by atoms with Crippen molar-refractivity contribution in [1.82, 2.24) is 9.97 Å².